The first-order valence-electron chi connectivity index (χ1n) is 6.91. The van der Waals surface area contributed by atoms with Crippen LogP contribution in [0.3, 0.4) is 0 Å². The van der Waals surface area contributed by atoms with Crippen LogP contribution in [0.1, 0.15) is 41.5 Å². The smallest absolute Gasteiger partial charge is 0.398 e. The van der Waals surface area contributed by atoms with E-state index in [2.05, 4.69) is 10.3 Å². The number of aromatic nitrogens is 1. The van der Waals surface area contributed by atoms with Crippen molar-refractivity contribution in [2.75, 3.05) is 5.32 Å². The zero-order valence-corrected chi connectivity index (χ0v) is 13.0. The summed E-state index contributed by atoms with van der Waals surface area (Å²) in [7, 11) is -0.576. The van der Waals surface area contributed by atoms with Gasteiger partial charge in [-0.05, 0) is 53.7 Å². The second-order valence-corrected chi connectivity index (χ2v) is 6.45. The van der Waals surface area contributed by atoms with E-state index in [-0.39, 0.29) is 17.7 Å². The van der Waals surface area contributed by atoms with Crippen molar-refractivity contribution in [1.29, 1.82) is 0 Å². The Morgan fingerprint density at radius 1 is 1.15 bits per heavy atom. The molecule has 2 rings (SSSR count). The fourth-order valence-corrected chi connectivity index (χ4v) is 1.93. The summed E-state index contributed by atoms with van der Waals surface area (Å²) in [5, 5.41) is 2.98. The molecule has 2 heterocycles. The zero-order valence-electron chi connectivity index (χ0n) is 13.0. The summed E-state index contributed by atoms with van der Waals surface area (Å²) in [4.78, 5) is 4.29. The molecule has 0 atom stereocenters. The molecule has 1 saturated heterocycles. The van der Waals surface area contributed by atoms with Gasteiger partial charge in [0.15, 0.2) is 11.6 Å². The van der Waals surface area contributed by atoms with Crippen molar-refractivity contribution < 1.29 is 13.7 Å². The molecule has 0 spiro atoms. The van der Waals surface area contributed by atoms with E-state index in [1.54, 1.807) is 6.07 Å². The van der Waals surface area contributed by atoms with E-state index in [1.807, 2.05) is 41.5 Å². The maximum Gasteiger partial charge on any atom is 0.514 e. The summed E-state index contributed by atoms with van der Waals surface area (Å²) < 4.78 is 25.5. The molecular formula is C14H22BFN2O2. The summed E-state index contributed by atoms with van der Waals surface area (Å²) in [5.74, 6) is -0.147. The molecule has 0 saturated carbocycles. The molecule has 1 aliphatic heterocycles. The lowest BCUT2D eigenvalue weighted by Gasteiger charge is -2.32. The minimum Gasteiger partial charge on any atom is -0.398 e. The van der Waals surface area contributed by atoms with Gasteiger partial charge in [0.2, 0.25) is 0 Å². The van der Waals surface area contributed by atoms with Crippen molar-refractivity contribution in [2.24, 2.45) is 0 Å². The van der Waals surface area contributed by atoms with Crippen LogP contribution in [-0.4, -0.2) is 29.3 Å². The van der Waals surface area contributed by atoms with Crippen molar-refractivity contribution in [3.05, 3.63) is 17.9 Å². The van der Waals surface area contributed by atoms with E-state index in [4.69, 9.17) is 9.31 Å². The minimum atomic E-state index is -0.576. The van der Waals surface area contributed by atoms with E-state index in [0.717, 1.165) is 0 Å². The molecule has 0 amide bonds. The molecule has 1 N–H and O–H groups in total. The maximum atomic E-state index is 13.7. The molecule has 0 radical (unpaired) electrons. The third-order valence-electron chi connectivity index (χ3n) is 3.79. The highest BCUT2D eigenvalue weighted by Crippen LogP contribution is 2.36. The molecule has 6 heteroatoms. The first kappa shape index (κ1) is 15.3. The largest absolute Gasteiger partial charge is 0.514 e. The topological polar surface area (TPSA) is 43.4 Å². The average molecular weight is 280 g/mol. The molecule has 0 bridgehead atoms. The molecule has 20 heavy (non-hydrogen) atoms. The Bertz CT molecular complexity index is 490. The molecule has 0 unspecified atom stereocenters. The van der Waals surface area contributed by atoms with Crippen LogP contribution in [0.2, 0.25) is 0 Å². The predicted molar refractivity (Wildman–Crippen MR) is 78.7 cm³/mol. The van der Waals surface area contributed by atoms with E-state index in [9.17, 15) is 4.39 Å². The van der Waals surface area contributed by atoms with Gasteiger partial charge >= 0.3 is 7.12 Å². The summed E-state index contributed by atoms with van der Waals surface area (Å²) >= 11 is 0. The summed E-state index contributed by atoms with van der Waals surface area (Å²) in [6, 6.07) is 3.09. The second-order valence-electron chi connectivity index (χ2n) is 6.45. The molecule has 110 valence electrons. The summed E-state index contributed by atoms with van der Waals surface area (Å²) in [5.41, 5.74) is -0.285. The first-order valence-corrected chi connectivity index (χ1v) is 6.91. The molecule has 1 fully saturated rings. The van der Waals surface area contributed by atoms with Crippen molar-refractivity contribution in [1.82, 2.24) is 4.98 Å². The number of anilines is 1. The SMILES string of the molecule is CC(C)Nc1nc(B2OC(C)(C)C(C)(C)O2)ccc1F. The van der Waals surface area contributed by atoms with Crippen molar-refractivity contribution in [2.45, 2.75) is 58.8 Å². The van der Waals surface area contributed by atoms with Crippen LogP contribution in [0.15, 0.2) is 12.1 Å². The van der Waals surface area contributed by atoms with Crippen LogP contribution in [0, 0.1) is 5.82 Å². The van der Waals surface area contributed by atoms with Gasteiger partial charge in [-0.25, -0.2) is 9.37 Å². The van der Waals surface area contributed by atoms with Gasteiger partial charge < -0.3 is 14.6 Å². The van der Waals surface area contributed by atoms with Crippen LogP contribution in [0.5, 0.6) is 0 Å². The quantitative estimate of drug-likeness (QED) is 0.863. The van der Waals surface area contributed by atoms with Crippen LogP contribution < -0.4 is 10.9 Å². The Kier molecular flexibility index (Phi) is 3.82. The van der Waals surface area contributed by atoms with Gasteiger partial charge in [0.05, 0.1) is 16.8 Å². The number of hydrogen-bond acceptors (Lipinski definition) is 4. The molecule has 1 aliphatic rings. The highest BCUT2D eigenvalue weighted by molar-refractivity contribution is 6.61. The fraction of sp³-hybridized carbons (Fsp3) is 0.643. The number of hydrogen-bond donors (Lipinski definition) is 1. The number of rotatable bonds is 3. The lowest BCUT2D eigenvalue weighted by molar-refractivity contribution is 0.00578. The lowest BCUT2D eigenvalue weighted by atomic mass is 9.84. The maximum absolute atomic E-state index is 13.7. The summed E-state index contributed by atoms with van der Waals surface area (Å²) in [6.45, 7) is 11.8. The fourth-order valence-electron chi connectivity index (χ4n) is 1.93. The van der Waals surface area contributed by atoms with Gasteiger partial charge in [-0.15, -0.1) is 0 Å². The monoisotopic (exact) mass is 280 g/mol. The van der Waals surface area contributed by atoms with Gasteiger partial charge in [-0.1, -0.05) is 0 Å². The average Bonchev–Trinajstić information content (AvgIpc) is 2.50. The molecule has 0 aliphatic carbocycles. The third-order valence-corrected chi connectivity index (χ3v) is 3.79. The van der Waals surface area contributed by atoms with Crippen molar-refractivity contribution >= 4 is 18.5 Å². The van der Waals surface area contributed by atoms with Gasteiger partial charge in [-0.3, -0.25) is 0 Å². The van der Waals surface area contributed by atoms with E-state index < -0.39 is 18.3 Å². The number of nitrogens with one attached hydrogen (secondary N) is 1. The van der Waals surface area contributed by atoms with Gasteiger partial charge in [-0.2, -0.15) is 0 Å². The molecule has 1 aromatic heterocycles. The Morgan fingerprint density at radius 3 is 2.20 bits per heavy atom. The Balaban J connectivity index is 2.27. The van der Waals surface area contributed by atoms with E-state index in [1.165, 1.54) is 6.07 Å². The lowest BCUT2D eigenvalue weighted by Crippen LogP contribution is -2.41. The minimum absolute atomic E-state index is 0.102. The number of nitrogens with zero attached hydrogens (tertiary/aromatic N) is 1. The second kappa shape index (κ2) is 5.00. The van der Waals surface area contributed by atoms with Crippen molar-refractivity contribution in [3.63, 3.8) is 0 Å². The molecule has 4 nitrogen and oxygen atoms in total. The first-order chi connectivity index (χ1) is 9.12. The predicted octanol–water partition coefficient (Wildman–Crippen LogP) is 2.34. The van der Waals surface area contributed by atoms with Crippen molar-refractivity contribution in [3.8, 4) is 0 Å². The van der Waals surface area contributed by atoms with Gasteiger partial charge in [0.1, 0.15) is 0 Å². The van der Waals surface area contributed by atoms with Crippen LogP contribution in [0.25, 0.3) is 0 Å². The van der Waals surface area contributed by atoms with Gasteiger partial charge in [0.25, 0.3) is 0 Å². The summed E-state index contributed by atoms with van der Waals surface area (Å²) in [6.07, 6.45) is 0. The van der Waals surface area contributed by atoms with Crippen LogP contribution >= 0.6 is 0 Å². The molecule has 1 aromatic rings. The third kappa shape index (κ3) is 2.81. The van der Waals surface area contributed by atoms with Crippen LogP contribution in [-0.2, 0) is 9.31 Å². The van der Waals surface area contributed by atoms with Crippen LogP contribution in [0.4, 0.5) is 10.2 Å². The highest BCUT2D eigenvalue weighted by Gasteiger charge is 2.52. The number of pyridine rings is 1. The zero-order chi connectivity index (χ0) is 15.1. The standard InChI is InChI=1S/C14H22BFN2O2/c1-9(2)17-12-10(16)7-8-11(18-12)15-19-13(3,4)14(5,6)20-15/h7-9H,1-6H3,(H,17,18). The Labute approximate surface area is 120 Å². The highest BCUT2D eigenvalue weighted by atomic mass is 19.1. The number of halogens is 1. The molecule has 0 aromatic carbocycles. The Morgan fingerprint density at radius 2 is 1.70 bits per heavy atom. The van der Waals surface area contributed by atoms with Gasteiger partial charge in [0, 0.05) is 6.04 Å². The van der Waals surface area contributed by atoms with E-state index >= 15 is 0 Å². The normalized spacial score (nSPS) is 20.5. The molecular weight excluding hydrogens is 258 g/mol. The van der Waals surface area contributed by atoms with E-state index in [0.29, 0.717) is 5.59 Å². The Hall–Kier alpha value is -1.14.